The molecule has 2 N–H and O–H groups in total. The highest BCUT2D eigenvalue weighted by Gasteiger charge is 2.26. The Labute approximate surface area is 126 Å². The van der Waals surface area contributed by atoms with E-state index in [9.17, 15) is 9.59 Å². The van der Waals surface area contributed by atoms with Crippen LogP contribution in [0.2, 0.25) is 0 Å². The van der Waals surface area contributed by atoms with Crippen molar-refractivity contribution in [2.75, 3.05) is 6.54 Å². The smallest absolute Gasteiger partial charge is 0.242 e. The van der Waals surface area contributed by atoms with Gasteiger partial charge in [0.05, 0.1) is 0 Å². The van der Waals surface area contributed by atoms with Crippen molar-refractivity contribution in [2.24, 2.45) is 0 Å². The normalized spacial score (nSPS) is 18.4. The van der Waals surface area contributed by atoms with Crippen molar-refractivity contribution in [3.05, 3.63) is 35.4 Å². The summed E-state index contributed by atoms with van der Waals surface area (Å²) < 4.78 is 0. The largest absolute Gasteiger partial charge is 0.354 e. The third-order valence-corrected chi connectivity index (χ3v) is 3.84. The lowest BCUT2D eigenvalue weighted by atomic mass is 9.86. The second-order valence-electron chi connectivity index (χ2n) is 6.65. The van der Waals surface area contributed by atoms with Crippen LogP contribution in [0.4, 0.5) is 0 Å². The number of amides is 2. The van der Waals surface area contributed by atoms with Crippen LogP contribution in [0.25, 0.3) is 0 Å². The van der Waals surface area contributed by atoms with Crippen molar-refractivity contribution in [3.8, 4) is 0 Å². The van der Waals surface area contributed by atoms with E-state index in [1.165, 1.54) is 11.1 Å². The summed E-state index contributed by atoms with van der Waals surface area (Å²) in [4.78, 5) is 22.9. The summed E-state index contributed by atoms with van der Waals surface area (Å²) in [7, 11) is 0. The zero-order valence-electron chi connectivity index (χ0n) is 13.0. The fraction of sp³-hybridized carbons (Fsp3) is 0.529. The molecule has 0 aromatic heterocycles. The first-order valence-corrected chi connectivity index (χ1v) is 7.53. The summed E-state index contributed by atoms with van der Waals surface area (Å²) >= 11 is 0. The summed E-state index contributed by atoms with van der Waals surface area (Å²) in [5, 5.41) is 5.56. The van der Waals surface area contributed by atoms with Crippen molar-refractivity contribution in [1.29, 1.82) is 0 Å². The monoisotopic (exact) mass is 288 g/mol. The van der Waals surface area contributed by atoms with Gasteiger partial charge in [-0.3, -0.25) is 9.59 Å². The Morgan fingerprint density at radius 2 is 1.95 bits per heavy atom. The van der Waals surface area contributed by atoms with E-state index in [1.807, 2.05) is 0 Å². The molecule has 0 saturated carbocycles. The molecule has 1 fully saturated rings. The fourth-order valence-corrected chi connectivity index (χ4v) is 2.44. The van der Waals surface area contributed by atoms with Crippen LogP contribution in [-0.2, 0) is 21.4 Å². The average molecular weight is 288 g/mol. The molecule has 1 aromatic carbocycles. The van der Waals surface area contributed by atoms with Crippen LogP contribution < -0.4 is 10.6 Å². The lowest BCUT2D eigenvalue weighted by Gasteiger charge is -2.19. The van der Waals surface area contributed by atoms with E-state index in [2.05, 4.69) is 55.7 Å². The summed E-state index contributed by atoms with van der Waals surface area (Å²) in [6.07, 6.45) is 1.86. The average Bonchev–Trinajstić information content (AvgIpc) is 2.85. The Morgan fingerprint density at radius 1 is 1.29 bits per heavy atom. The number of rotatable bonds is 4. The minimum atomic E-state index is -0.347. The lowest BCUT2D eigenvalue weighted by molar-refractivity contribution is -0.125. The molecule has 0 spiro atoms. The molecule has 1 aromatic rings. The molecule has 4 heteroatoms. The van der Waals surface area contributed by atoms with Crippen LogP contribution in [0.15, 0.2) is 24.3 Å². The van der Waals surface area contributed by atoms with Crippen LogP contribution in [0.1, 0.15) is 44.7 Å². The van der Waals surface area contributed by atoms with Gasteiger partial charge in [-0.2, -0.15) is 0 Å². The Morgan fingerprint density at radius 3 is 2.48 bits per heavy atom. The molecule has 0 aliphatic carbocycles. The Kier molecular flexibility index (Phi) is 4.66. The van der Waals surface area contributed by atoms with Gasteiger partial charge in [-0.1, -0.05) is 45.0 Å². The van der Waals surface area contributed by atoms with Gasteiger partial charge in [0.1, 0.15) is 6.04 Å². The van der Waals surface area contributed by atoms with Gasteiger partial charge >= 0.3 is 0 Å². The molecule has 1 atom stereocenters. The van der Waals surface area contributed by atoms with E-state index in [0.29, 0.717) is 19.4 Å². The van der Waals surface area contributed by atoms with E-state index in [4.69, 9.17) is 0 Å². The minimum Gasteiger partial charge on any atom is -0.354 e. The molecule has 21 heavy (non-hydrogen) atoms. The molecular weight excluding hydrogens is 264 g/mol. The number of benzene rings is 1. The van der Waals surface area contributed by atoms with E-state index < -0.39 is 0 Å². The number of carbonyl (C=O) groups excluding carboxylic acids is 2. The third kappa shape index (κ3) is 4.31. The minimum absolute atomic E-state index is 0.0343. The topological polar surface area (TPSA) is 58.2 Å². The van der Waals surface area contributed by atoms with Crippen LogP contribution in [-0.4, -0.2) is 24.4 Å². The van der Waals surface area contributed by atoms with E-state index >= 15 is 0 Å². The predicted octanol–water partition coefficient (Wildman–Crippen LogP) is 1.92. The second kappa shape index (κ2) is 6.29. The van der Waals surface area contributed by atoms with E-state index in [-0.39, 0.29) is 23.3 Å². The molecule has 4 nitrogen and oxygen atoms in total. The van der Waals surface area contributed by atoms with Gasteiger partial charge in [-0.05, 0) is 29.4 Å². The molecule has 114 valence electrons. The highest BCUT2D eigenvalue weighted by molar-refractivity contribution is 5.90. The molecule has 1 saturated heterocycles. The first-order valence-electron chi connectivity index (χ1n) is 7.53. The molecule has 1 aliphatic rings. The number of hydrogen-bond acceptors (Lipinski definition) is 2. The molecule has 0 radical (unpaired) electrons. The molecule has 1 unspecified atom stereocenters. The highest BCUT2D eigenvalue weighted by Crippen LogP contribution is 2.22. The van der Waals surface area contributed by atoms with Crippen LogP contribution >= 0.6 is 0 Å². The second-order valence-corrected chi connectivity index (χ2v) is 6.65. The number of hydrogen-bond donors (Lipinski definition) is 2. The molecule has 1 aliphatic heterocycles. The van der Waals surface area contributed by atoms with Crippen LogP contribution in [0.5, 0.6) is 0 Å². The number of nitrogens with one attached hydrogen (secondary N) is 2. The first-order chi connectivity index (χ1) is 9.86. The van der Waals surface area contributed by atoms with Gasteiger partial charge < -0.3 is 10.6 Å². The Hall–Kier alpha value is -1.84. The van der Waals surface area contributed by atoms with Crippen molar-refractivity contribution in [3.63, 3.8) is 0 Å². The molecular formula is C17H24N2O2. The highest BCUT2D eigenvalue weighted by atomic mass is 16.2. The quantitative estimate of drug-likeness (QED) is 0.889. The maximum absolute atomic E-state index is 11.8. The van der Waals surface area contributed by atoms with Gasteiger partial charge in [0.2, 0.25) is 11.8 Å². The maximum Gasteiger partial charge on any atom is 0.242 e. The maximum atomic E-state index is 11.8. The Balaban J connectivity index is 1.78. The zero-order valence-corrected chi connectivity index (χ0v) is 13.0. The van der Waals surface area contributed by atoms with Crippen molar-refractivity contribution < 1.29 is 9.59 Å². The van der Waals surface area contributed by atoms with E-state index in [0.717, 1.165) is 6.42 Å². The SMILES string of the molecule is CC(C)(C)c1ccc(CCNC(=O)C2CCC(=O)N2)cc1. The van der Waals surface area contributed by atoms with E-state index in [1.54, 1.807) is 0 Å². The third-order valence-electron chi connectivity index (χ3n) is 3.84. The van der Waals surface area contributed by atoms with Crippen molar-refractivity contribution >= 4 is 11.8 Å². The Bertz CT molecular complexity index is 515. The summed E-state index contributed by atoms with van der Waals surface area (Å²) in [6.45, 7) is 7.18. The van der Waals surface area contributed by atoms with Gasteiger partial charge in [0.15, 0.2) is 0 Å². The van der Waals surface area contributed by atoms with Crippen LogP contribution in [0.3, 0.4) is 0 Å². The summed E-state index contributed by atoms with van der Waals surface area (Å²) in [5.74, 6) is -0.111. The van der Waals surface area contributed by atoms with Gasteiger partial charge in [0.25, 0.3) is 0 Å². The van der Waals surface area contributed by atoms with Crippen LogP contribution in [0, 0.1) is 0 Å². The summed E-state index contributed by atoms with van der Waals surface area (Å²) in [5.41, 5.74) is 2.68. The lowest BCUT2D eigenvalue weighted by Crippen LogP contribution is -2.42. The van der Waals surface area contributed by atoms with Crippen molar-refractivity contribution in [1.82, 2.24) is 10.6 Å². The number of carbonyl (C=O) groups is 2. The standard InChI is InChI=1S/C17H24N2O2/c1-17(2,3)13-6-4-12(5-7-13)10-11-18-16(21)14-8-9-15(20)19-14/h4-7,14H,8-11H2,1-3H3,(H,18,21)(H,19,20). The summed E-state index contributed by atoms with van der Waals surface area (Å²) in [6, 6.07) is 8.18. The van der Waals surface area contributed by atoms with Gasteiger partial charge in [-0.25, -0.2) is 0 Å². The molecule has 2 amide bonds. The first kappa shape index (κ1) is 15.5. The fourth-order valence-electron chi connectivity index (χ4n) is 2.44. The van der Waals surface area contributed by atoms with Gasteiger partial charge in [-0.15, -0.1) is 0 Å². The predicted molar refractivity (Wildman–Crippen MR) is 83.0 cm³/mol. The molecule has 1 heterocycles. The molecule has 2 rings (SSSR count). The zero-order chi connectivity index (χ0) is 15.5. The van der Waals surface area contributed by atoms with Gasteiger partial charge in [0, 0.05) is 13.0 Å². The molecule has 0 bridgehead atoms. The van der Waals surface area contributed by atoms with Crippen molar-refractivity contribution in [2.45, 2.75) is 51.5 Å².